The van der Waals surface area contributed by atoms with Gasteiger partial charge in [0.15, 0.2) is 0 Å². The Labute approximate surface area is 251 Å². The number of thioether (sulfide) groups is 1. The van der Waals surface area contributed by atoms with Crippen LogP contribution in [0.25, 0.3) is 0 Å². The van der Waals surface area contributed by atoms with Gasteiger partial charge in [0.1, 0.15) is 0 Å². The second-order valence-electron chi connectivity index (χ2n) is 15.7. The van der Waals surface area contributed by atoms with Gasteiger partial charge in [-0.2, -0.15) is 5.10 Å². The number of hydrogen-bond donors (Lipinski definition) is 1. The Kier molecular flexibility index (Phi) is 6.82. The first-order valence-electron chi connectivity index (χ1n) is 16.0. The first-order chi connectivity index (χ1) is 19.3. The minimum Gasteiger partial charge on any atom is -0.481 e. The van der Waals surface area contributed by atoms with E-state index in [2.05, 4.69) is 59.1 Å². The van der Waals surface area contributed by atoms with Crippen LogP contribution in [0.1, 0.15) is 111 Å². The van der Waals surface area contributed by atoms with Gasteiger partial charge in [0.05, 0.1) is 16.8 Å². The van der Waals surface area contributed by atoms with Crippen LogP contribution in [0.5, 0.6) is 0 Å². The average molecular weight is 576 g/mol. The lowest BCUT2D eigenvalue weighted by molar-refractivity contribution is -0.228. The zero-order valence-electron chi connectivity index (χ0n) is 26.1. The molecule has 0 unspecified atom stereocenters. The molecule has 1 aromatic heterocycles. The summed E-state index contributed by atoms with van der Waals surface area (Å²) in [6.45, 7) is 19.0. The number of aromatic nitrogens is 3. The van der Waals surface area contributed by atoms with Crippen molar-refractivity contribution >= 4 is 17.7 Å². The maximum atomic E-state index is 12.9. The maximum Gasteiger partial charge on any atom is 0.309 e. The number of allylic oxidation sites excluding steroid dienone is 1. The van der Waals surface area contributed by atoms with E-state index in [-0.39, 0.29) is 27.6 Å². The standard InChI is InChI=1S/C35H49N3O2S/c1-9-10-19-41-30-36-28-24(37-38-30)20-32(6)25(31(28,4)5)14-15-34(8)26(32)12-11-23-27-22(21(2)3)13-16-35(27,29(39)40)18-17-33(23,34)7/h1,22-23,25-27H,2,10-20H2,3-8H3,(H,39,40)/t22-,23+,25-,26+,27+,32-,33+,34+,35-/m0/s1. The number of carboxylic acids is 1. The number of aliphatic carboxylic acids is 1. The first kappa shape index (κ1) is 29.2. The number of fused-ring (bicyclic) bond motifs is 8. The van der Waals surface area contributed by atoms with E-state index in [1.807, 2.05) is 0 Å². The van der Waals surface area contributed by atoms with Crippen molar-refractivity contribution in [2.75, 3.05) is 5.75 Å². The van der Waals surface area contributed by atoms with E-state index >= 15 is 0 Å². The topological polar surface area (TPSA) is 76.0 Å². The molecule has 1 N–H and O–H groups in total. The summed E-state index contributed by atoms with van der Waals surface area (Å²) in [6, 6.07) is 0. The molecule has 41 heavy (non-hydrogen) atoms. The smallest absolute Gasteiger partial charge is 0.309 e. The SMILES string of the molecule is C#CCCSc1nnc2c(n1)C(C)(C)[C@@H]1CC[C@]3(C)[C@H](CC[C@@H]4[C@H]5[C@H](C(=C)C)CC[C@]5(C(=O)O)CC[C@]43C)[C@@]1(C)C2. The quantitative estimate of drug-likeness (QED) is 0.167. The Morgan fingerprint density at radius 1 is 1.02 bits per heavy atom. The van der Waals surface area contributed by atoms with Crippen LogP contribution in [0.3, 0.4) is 0 Å². The molecule has 0 spiro atoms. The summed E-state index contributed by atoms with van der Waals surface area (Å²) in [5, 5.41) is 20.8. The van der Waals surface area contributed by atoms with Gasteiger partial charge in [-0.3, -0.25) is 4.79 Å². The fraction of sp³-hybridized carbons (Fsp3) is 0.771. The van der Waals surface area contributed by atoms with Crippen molar-refractivity contribution in [1.82, 2.24) is 15.2 Å². The molecule has 4 fully saturated rings. The van der Waals surface area contributed by atoms with E-state index in [1.165, 1.54) is 24.8 Å². The third-order valence-electron chi connectivity index (χ3n) is 14.0. The number of terminal acetylenes is 1. The largest absolute Gasteiger partial charge is 0.481 e. The predicted molar refractivity (Wildman–Crippen MR) is 164 cm³/mol. The zero-order chi connectivity index (χ0) is 29.6. The molecule has 9 atom stereocenters. The molecule has 6 rings (SSSR count). The highest BCUT2D eigenvalue weighted by Gasteiger charge is 2.72. The molecule has 5 nitrogen and oxygen atoms in total. The van der Waals surface area contributed by atoms with Crippen molar-refractivity contribution in [2.45, 2.75) is 116 Å². The van der Waals surface area contributed by atoms with E-state index in [4.69, 9.17) is 16.5 Å². The number of rotatable bonds is 5. The zero-order valence-corrected chi connectivity index (χ0v) is 26.9. The molecule has 0 bridgehead atoms. The van der Waals surface area contributed by atoms with Crippen LogP contribution in [0.2, 0.25) is 0 Å². The average Bonchev–Trinajstić information content (AvgIpc) is 3.31. The Morgan fingerprint density at radius 2 is 1.78 bits per heavy atom. The van der Waals surface area contributed by atoms with Crippen molar-refractivity contribution in [3.63, 3.8) is 0 Å². The second-order valence-corrected chi connectivity index (χ2v) is 16.8. The molecular weight excluding hydrogens is 526 g/mol. The Hall–Kier alpha value is -1.87. The number of carbonyl (C=O) groups is 1. The Balaban J connectivity index is 1.37. The number of carboxylic acid groups (broad SMARTS) is 1. The summed E-state index contributed by atoms with van der Waals surface area (Å²) in [5.74, 6) is 5.04. The Morgan fingerprint density at radius 3 is 2.46 bits per heavy atom. The molecule has 0 aliphatic heterocycles. The molecule has 0 amide bonds. The monoisotopic (exact) mass is 575 g/mol. The van der Waals surface area contributed by atoms with E-state index in [0.717, 1.165) is 60.8 Å². The van der Waals surface area contributed by atoms with E-state index in [1.54, 1.807) is 11.8 Å². The normalized spacial score (nSPS) is 43.9. The summed E-state index contributed by atoms with van der Waals surface area (Å²) in [4.78, 5) is 18.0. The molecular formula is C35H49N3O2S. The van der Waals surface area contributed by atoms with Gasteiger partial charge in [-0.1, -0.05) is 58.5 Å². The third-order valence-corrected chi connectivity index (χ3v) is 14.8. The Bertz CT molecular complexity index is 1320. The highest BCUT2D eigenvalue weighted by molar-refractivity contribution is 7.99. The van der Waals surface area contributed by atoms with Crippen LogP contribution in [0, 0.1) is 63.6 Å². The van der Waals surface area contributed by atoms with Gasteiger partial charge in [-0.15, -0.1) is 17.4 Å². The number of hydrogen-bond acceptors (Lipinski definition) is 5. The first-order valence-corrected chi connectivity index (χ1v) is 16.9. The van der Waals surface area contributed by atoms with Crippen molar-refractivity contribution in [3.8, 4) is 12.3 Å². The molecule has 1 heterocycles. The molecule has 0 saturated heterocycles. The minimum atomic E-state index is -0.568. The van der Waals surface area contributed by atoms with Gasteiger partial charge >= 0.3 is 5.97 Å². The lowest BCUT2D eigenvalue weighted by Gasteiger charge is -2.72. The highest BCUT2D eigenvalue weighted by atomic mass is 32.2. The second kappa shape index (κ2) is 9.57. The van der Waals surface area contributed by atoms with Gasteiger partial charge in [-0.25, -0.2) is 4.98 Å². The van der Waals surface area contributed by atoms with Gasteiger partial charge in [-0.05, 0) is 111 Å². The fourth-order valence-electron chi connectivity index (χ4n) is 12.1. The maximum absolute atomic E-state index is 12.9. The van der Waals surface area contributed by atoms with Crippen LogP contribution in [-0.2, 0) is 16.6 Å². The molecule has 5 aliphatic carbocycles. The van der Waals surface area contributed by atoms with Crippen molar-refractivity contribution in [3.05, 3.63) is 23.5 Å². The van der Waals surface area contributed by atoms with Crippen molar-refractivity contribution in [1.29, 1.82) is 0 Å². The van der Waals surface area contributed by atoms with E-state index in [0.29, 0.717) is 30.1 Å². The molecule has 0 radical (unpaired) electrons. The summed E-state index contributed by atoms with van der Waals surface area (Å²) in [6.07, 6.45) is 15.4. The van der Waals surface area contributed by atoms with E-state index < -0.39 is 11.4 Å². The molecule has 6 heteroatoms. The summed E-state index contributed by atoms with van der Waals surface area (Å²) < 4.78 is 0. The summed E-state index contributed by atoms with van der Waals surface area (Å²) in [5.41, 5.74) is 3.15. The summed E-state index contributed by atoms with van der Waals surface area (Å²) >= 11 is 1.61. The van der Waals surface area contributed by atoms with Crippen LogP contribution < -0.4 is 0 Å². The van der Waals surface area contributed by atoms with Crippen LogP contribution in [0.15, 0.2) is 17.3 Å². The lowest BCUT2D eigenvalue weighted by Crippen LogP contribution is -2.67. The van der Waals surface area contributed by atoms with Crippen molar-refractivity contribution < 1.29 is 9.90 Å². The molecule has 0 aromatic carbocycles. The molecule has 4 saturated carbocycles. The minimum absolute atomic E-state index is 0.0830. The van der Waals surface area contributed by atoms with Gasteiger partial charge < -0.3 is 5.11 Å². The van der Waals surface area contributed by atoms with Crippen LogP contribution >= 0.6 is 11.8 Å². The van der Waals surface area contributed by atoms with Gasteiger partial charge in [0.25, 0.3) is 0 Å². The fourth-order valence-corrected chi connectivity index (χ4v) is 12.7. The summed E-state index contributed by atoms with van der Waals surface area (Å²) in [7, 11) is 0. The predicted octanol–water partition coefficient (Wildman–Crippen LogP) is 7.74. The van der Waals surface area contributed by atoms with Gasteiger partial charge in [0.2, 0.25) is 5.16 Å². The van der Waals surface area contributed by atoms with Crippen molar-refractivity contribution in [2.24, 2.45) is 51.2 Å². The number of nitrogens with zero attached hydrogens (tertiary/aromatic N) is 3. The van der Waals surface area contributed by atoms with Gasteiger partial charge in [0, 0.05) is 17.6 Å². The molecule has 5 aliphatic rings. The highest BCUT2D eigenvalue weighted by Crippen LogP contribution is 2.77. The molecule has 1 aromatic rings. The lowest BCUT2D eigenvalue weighted by atomic mass is 9.32. The van der Waals surface area contributed by atoms with Crippen LogP contribution in [-0.4, -0.2) is 32.0 Å². The third kappa shape index (κ3) is 3.82. The molecule has 222 valence electrons. The van der Waals surface area contributed by atoms with E-state index in [9.17, 15) is 9.90 Å². The van der Waals surface area contributed by atoms with Crippen LogP contribution in [0.4, 0.5) is 0 Å².